The van der Waals surface area contributed by atoms with Crippen molar-refractivity contribution in [1.82, 2.24) is 15.0 Å². The van der Waals surface area contributed by atoms with E-state index < -0.39 is 37.2 Å². The van der Waals surface area contributed by atoms with Crippen LogP contribution in [0, 0.1) is 0 Å². The molecule has 15 heteroatoms. The molecule has 0 fully saturated rings. The van der Waals surface area contributed by atoms with Gasteiger partial charge in [0.05, 0.1) is 43.9 Å². The number of hydrogen-bond acceptors (Lipinski definition) is 8. The first kappa shape index (κ1) is 26.4. The third kappa shape index (κ3) is 5.83. The highest BCUT2D eigenvalue weighted by atomic mass is 31.2. The van der Waals surface area contributed by atoms with Gasteiger partial charge in [-0.1, -0.05) is 18.2 Å². The van der Waals surface area contributed by atoms with Gasteiger partial charge in [0.15, 0.2) is 0 Å². The Morgan fingerprint density at radius 3 is 2.54 bits per heavy atom. The monoisotopic (exact) mass is 539 g/mol. The van der Waals surface area contributed by atoms with Crippen molar-refractivity contribution in [2.75, 3.05) is 24.9 Å². The van der Waals surface area contributed by atoms with Crippen molar-refractivity contribution in [2.45, 2.75) is 18.9 Å². The molecule has 4 rings (SSSR count). The van der Waals surface area contributed by atoms with Gasteiger partial charge >= 0.3 is 13.8 Å². The van der Waals surface area contributed by atoms with E-state index in [4.69, 9.17) is 9.57 Å². The molecule has 2 aromatic carbocycles. The lowest BCUT2D eigenvalue weighted by Gasteiger charge is -2.17. The zero-order valence-electron chi connectivity index (χ0n) is 19.4. The summed E-state index contributed by atoms with van der Waals surface area (Å²) in [6.45, 7) is 0.140. The van der Waals surface area contributed by atoms with Gasteiger partial charge < -0.3 is 25.2 Å². The second-order valence-electron chi connectivity index (χ2n) is 7.93. The standard InChI is InChI=1S/C22H21F3N5O6P/c1-35-17-8-12(11-37(32,33)34)6-7-15(17)28-21-26-9-14(22(23,24)25)19(29-21)27-16-5-3-4-13-10-30(36-2)20(31)18(13)16/h3-9H,10-11H2,1-2H3,(H2,32,33,34)(H2,26,27,28,29). The molecule has 0 unspecified atom stereocenters. The minimum Gasteiger partial charge on any atom is -0.495 e. The number of amides is 1. The first-order chi connectivity index (χ1) is 17.4. The minimum atomic E-state index is -4.80. The fourth-order valence-corrected chi connectivity index (χ4v) is 4.43. The van der Waals surface area contributed by atoms with Crippen LogP contribution in [0.4, 0.5) is 36.3 Å². The second-order valence-corrected chi connectivity index (χ2v) is 9.57. The van der Waals surface area contributed by atoms with E-state index in [0.29, 0.717) is 17.3 Å². The van der Waals surface area contributed by atoms with Gasteiger partial charge in [0, 0.05) is 6.20 Å². The van der Waals surface area contributed by atoms with Crippen LogP contribution in [-0.2, 0) is 28.3 Å². The number of alkyl halides is 3. The lowest BCUT2D eigenvalue weighted by molar-refractivity contribution is -0.137. The smallest absolute Gasteiger partial charge is 0.421 e. The number of halogens is 3. The topological polar surface area (TPSA) is 146 Å². The minimum absolute atomic E-state index is 0.108. The summed E-state index contributed by atoms with van der Waals surface area (Å²) in [6, 6.07) is 8.94. The molecule has 37 heavy (non-hydrogen) atoms. The van der Waals surface area contributed by atoms with Crippen molar-refractivity contribution < 1.29 is 41.9 Å². The number of anilines is 4. The summed E-state index contributed by atoms with van der Waals surface area (Å²) in [5.74, 6) is -1.18. The number of rotatable bonds is 8. The van der Waals surface area contributed by atoms with E-state index in [9.17, 15) is 32.3 Å². The lowest BCUT2D eigenvalue weighted by atomic mass is 10.1. The zero-order valence-corrected chi connectivity index (χ0v) is 20.3. The molecule has 0 bridgehead atoms. The molecule has 1 aliphatic heterocycles. The van der Waals surface area contributed by atoms with Crippen molar-refractivity contribution in [2.24, 2.45) is 0 Å². The number of nitrogens with one attached hydrogen (secondary N) is 2. The Hall–Kier alpha value is -3.71. The summed E-state index contributed by atoms with van der Waals surface area (Å²) in [6.07, 6.45) is -4.73. The SMILES string of the molecule is COc1cc(CP(=O)(O)O)ccc1Nc1ncc(C(F)(F)F)c(Nc2cccc3c2C(=O)N(OC)C3)n1. The number of carbonyl (C=O) groups is 1. The van der Waals surface area contributed by atoms with Crippen LogP contribution in [0.15, 0.2) is 42.6 Å². The maximum absolute atomic E-state index is 13.8. The van der Waals surface area contributed by atoms with Crippen LogP contribution in [0.1, 0.15) is 27.0 Å². The Bertz CT molecular complexity index is 1400. The number of hydrogen-bond donors (Lipinski definition) is 4. The summed E-state index contributed by atoms with van der Waals surface area (Å²) in [5.41, 5.74) is 0.212. The van der Waals surface area contributed by atoms with Gasteiger partial charge in [0.2, 0.25) is 5.95 Å². The lowest BCUT2D eigenvalue weighted by Crippen LogP contribution is -2.22. The van der Waals surface area contributed by atoms with Crippen molar-refractivity contribution in [3.05, 3.63) is 64.8 Å². The number of aromatic nitrogens is 2. The maximum atomic E-state index is 13.8. The molecule has 1 aromatic heterocycles. The van der Waals surface area contributed by atoms with Crippen molar-refractivity contribution in [3.8, 4) is 5.75 Å². The van der Waals surface area contributed by atoms with E-state index in [2.05, 4.69) is 20.6 Å². The molecule has 0 saturated heterocycles. The largest absolute Gasteiger partial charge is 0.495 e. The average Bonchev–Trinajstić information content (AvgIpc) is 3.15. The Labute approximate surface area is 208 Å². The predicted octanol–water partition coefficient (Wildman–Crippen LogP) is 4.19. The third-order valence-electron chi connectivity index (χ3n) is 5.37. The molecule has 196 valence electrons. The van der Waals surface area contributed by atoms with Gasteiger partial charge in [-0.15, -0.1) is 0 Å². The molecule has 11 nitrogen and oxygen atoms in total. The van der Waals surface area contributed by atoms with Crippen LogP contribution < -0.4 is 15.4 Å². The van der Waals surface area contributed by atoms with Crippen LogP contribution in [0.3, 0.4) is 0 Å². The second kappa shape index (κ2) is 9.98. The molecule has 4 N–H and O–H groups in total. The fraction of sp³-hybridized carbons (Fsp3) is 0.227. The normalized spacial score (nSPS) is 13.5. The fourth-order valence-electron chi connectivity index (χ4n) is 3.76. The summed E-state index contributed by atoms with van der Waals surface area (Å²) in [4.78, 5) is 43.8. The Balaban J connectivity index is 1.69. The molecule has 0 spiro atoms. The quantitative estimate of drug-likeness (QED) is 0.308. The van der Waals surface area contributed by atoms with Crippen LogP contribution in [0.2, 0.25) is 0 Å². The number of hydroxylamine groups is 2. The molecule has 0 radical (unpaired) electrons. The first-order valence-electron chi connectivity index (χ1n) is 10.6. The highest BCUT2D eigenvalue weighted by Crippen LogP contribution is 2.41. The number of fused-ring (bicyclic) bond motifs is 1. The highest BCUT2D eigenvalue weighted by Gasteiger charge is 2.37. The number of benzene rings is 2. The van der Waals surface area contributed by atoms with Gasteiger partial charge in [-0.3, -0.25) is 14.2 Å². The summed E-state index contributed by atoms with van der Waals surface area (Å²) in [7, 11) is -1.70. The van der Waals surface area contributed by atoms with Gasteiger partial charge in [-0.05, 0) is 29.3 Å². The van der Waals surface area contributed by atoms with E-state index in [1.165, 1.54) is 38.5 Å². The number of methoxy groups -OCH3 is 1. The summed E-state index contributed by atoms with van der Waals surface area (Å²) >= 11 is 0. The molecule has 1 aliphatic rings. The van der Waals surface area contributed by atoms with Gasteiger partial charge in [0.25, 0.3) is 5.91 Å². The summed E-state index contributed by atoms with van der Waals surface area (Å²) in [5, 5.41) is 6.44. The van der Waals surface area contributed by atoms with Crippen molar-refractivity contribution in [1.29, 1.82) is 0 Å². The average molecular weight is 539 g/mol. The molecule has 1 amide bonds. The van der Waals surface area contributed by atoms with Gasteiger partial charge in [-0.2, -0.15) is 18.2 Å². The van der Waals surface area contributed by atoms with Crippen LogP contribution in [0.25, 0.3) is 0 Å². The first-order valence-corrected chi connectivity index (χ1v) is 12.4. The Kier molecular flexibility index (Phi) is 7.11. The molecule has 0 aliphatic carbocycles. The molecular weight excluding hydrogens is 518 g/mol. The van der Waals surface area contributed by atoms with Crippen LogP contribution >= 0.6 is 7.60 Å². The Morgan fingerprint density at radius 2 is 1.89 bits per heavy atom. The van der Waals surface area contributed by atoms with E-state index in [1.54, 1.807) is 12.1 Å². The number of carbonyl (C=O) groups excluding carboxylic acids is 1. The van der Waals surface area contributed by atoms with E-state index in [-0.39, 0.29) is 35.2 Å². The van der Waals surface area contributed by atoms with E-state index in [1.807, 2.05) is 0 Å². The van der Waals surface area contributed by atoms with E-state index in [0.717, 1.165) is 5.06 Å². The third-order valence-corrected chi connectivity index (χ3v) is 6.15. The van der Waals surface area contributed by atoms with Crippen LogP contribution in [0.5, 0.6) is 5.75 Å². The highest BCUT2D eigenvalue weighted by molar-refractivity contribution is 7.50. The van der Waals surface area contributed by atoms with Gasteiger partial charge in [0.1, 0.15) is 17.1 Å². The maximum Gasteiger partial charge on any atom is 0.421 e. The van der Waals surface area contributed by atoms with Crippen molar-refractivity contribution in [3.63, 3.8) is 0 Å². The van der Waals surface area contributed by atoms with Gasteiger partial charge in [-0.25, -0.2) is 10.0 Å². The Morgan fingerprint density at radius 1 is 1.14 bits per heavy atom. The summed E-state index contributed by atoms with van der Waals surface area (Å²) < 4.78 is 57.8. The zero-order chi connectivity index (χ0) is 27.0. The van der Waals surface area contributed by atoms with Crippen LogP contribution in [-0.4, -0.2) is 44.9 Å². The molecular formula is C22H21F3N5O6P. The molecule has 0 saturated carbocycles. The molecule has 3 aromatic rings. The number of ether oxygens (including phenoxy) is 1. The molecule has 2 heterocycles. The number of nitrogens with zero attached hydrogens (tertiary/aromatic N) is 3. The van der Waals surface area contributed by atoms with E-state index >= 15 is 0 Å². The predicted molar refractivity (Wildman–Crippen MR) is 126 cm³/mol. The molecule has 0 atom stereocenters. The van der Waals surface area contributed by atoms with Crippen molar-refractivity contribution >= 4 is 36.6 Å².